The van der Waals surface area contributed by atoms with Crippen molar-refractivity contribution in [2.24, 2.45) is 0 Å². The summed E-state index contributed by atoms with van der Waals surface area (Å²) in [5.41, 5.74) is 2.94. The van der Waals surface area contributed by atoms with Crippen LogP contribution in [-0.2, 0) is 0 Å². The molecule has 1 aliphatic rings. The van der Waals surface area contributed by atoms with Crippen molar-refractivity contribution in [2.45, 2.75) is 31.4 Å². The maximum atomic E-state index is 9.69. The molecule has 5 heteroatoms. The van der Waals surface area contributed by atoms with Crippen LogP contribution in [0.4, 0.5) is 0 Å². The average Bonchev–Trinajstić information content (AvgIpc) is 3.03. The smallest absolute Gasteiger partial charge is 0.139 e. The number of nitrogens with one attached hydrogen (secondary N) is 1. The van der Waals surface area contributed by atoms with Crippen LogP contribution < -0.4 is 0 Å². The number of imidazole rings is 1. The lowest BCUT2D eigenvalue weighted by Gasteiger charge is -2.12. The highest BCUT2D eigenvalue weighted by molar-refractivity contribution is 6.00. The number of aromatic amines is 1. The fraction of sp³-hybridized carbons (Fsp3) is 0.385. The van der Waals surface area contributed by atoms with Crippen LogP contribution in [0.5, 0.6) is 0 Å². The average molecular weight is 242 g/mol. The second-order valence-electron chi connectivity index (χ2n) is 5.00. The molecule has 0 aliphatic heterocycles. The molecule has 1 aliphatic carbocycles. The fourth-order valence-electron chi connectivity index (χ4n) is 3.00. The van der Waals surface area contributed by atoms with E-state index in [1.54, 1.807) is 6.20 Å². The van der Waals surface area contributed by atoms with Gasteiger partial charge < -0.3 is 14.7 Å². The van der Waals surface area contributed by atoms with Gasteiger partial charge in [-0.1, -0.05) is 0 Å². The summed E-state index contributed by atoms with van der Waals surface area (Å²) in [6.45, 7) is 0. The Hall–Kier alpha value is -1.88. The van der Waals surface area contributed by atoms with Crippen molar-refractivity contribution in [3.05, 3.63) is 24.8 Å². The second kappa shape index (κ2) is 3.55. The lowest BCUT2D eigenvalue weighted by molar-refractivity contribution is 0.178. The van der Waals surface area contributed by atoms with E-state index in [1.807, 2.05) is 18.6 Å². The zero-order valence-electron chi connectivity index (χ0n) is 9.87. The molecule has 4 rings (SSSR count). The Morgan fingerprint density at radius 1 is 1.33 bits per heavy atom. The molecule has 1 saturated carbocycles. The summed E-state index contributed by atoms with van der Waals surface area (Å²) in [6.07, 6.45) is 8.12. The van der Waals surface area contributed by atoms with E-state index in [9.17, 15) is 5.11 Å². The van der Waals surface area contributed by atoms with Crippen LogP contribution in [0.1, 0.15) is 25.3 Å². The lowest BCUT2D eigenvalue weighted by Crippen LogP contribution is -2.06. The third-order valence-corrected chi connectivity index (χ3v) is 3.89. The maximum Gasteiger partial charge on any atom is 0.139 e. The van der Waals surface area contributed by atoms with Crippen LogP contribution >= 0.6 is 0 Å². The molecule has 18 heavy (non-hydrogen) atoms. The standard InChI is InChI=1S/C13H14N4O/c18-9-2-1-8(5-9)17-7-16-11-6-15-13-10(12(11)17)3-4-14-13/h3-4,6-9,18H,1-2,5H2,(H,14,15)/t8-,9+/m1/s1. The molecular formula is C13H14N4O. The lowest BCUT2D eigenvalue weighted by atomic mass is 10.2. The summed E-state index contributed by atoms with van der Waals surface area (Å²) in [6, 6.07) is 2.39. The monoisotopic (exact) mass is 242 g/mol. The van der Waals surface area contributed by atoms with E-state index < -0.39 is 0 Å². The molecule has 2 atom stereocenters. The largest absolute Gasteiger partial charge is 0.393 e. The van der Waals surface area contributed by atoms with Gasteiger partial charge in [-0.25, -0.2) is 9.97 Å². The predicted molar refractivity (Wildman–Crippen MR) is 68.3 cm³/mol. The zero-order chi connectivity index (χ0) is 12.1. The van der Waals surface area contributed by atoms with Crippen LogP contribution in [-0.4, -0.2) is 30.7 Å². The van der Waals surface area contributed by atoms with Crippen molar-refractivity contribution in [3.63, 3.8) is 0 Å². The summed E-state index contributed by atoms with van der Waals surface area (Å²) in [5, 5.41) is 10.8. The van der Waals surface area contributed by atoms with Gasteiger partial charge in [-0.3, -0.25) is 0 Å². The first-order valence-electron chi connectivity index (χ1n) is 6.29. The van der Waals surface area contributed by atoms with Gasteiger partial charge in [0.15, 0.2) is 0 Å². The number of aliphatic hydroxyl groups is 1. The highest BCUT2D eigenvalue weighted by Crippen LogP contribution is 2.34. The Morgan fingerprint density at radius 2 is 2.28 bits per heavy atom. The van der Waals surface area contributed by atoms with Crippen molar-refractivity contribution < 1.29 is 5.11 Å². The number of fused-ring (bicyclic) bond motifs is 3. The third kappa shape index (κ3) is 1.31. The Labute approximate surface area is 103 Å². The molecule has 5 nitrogen and oxygen atoms in total. The molecule has 0 radical (unpaired) electrons. The normalized spacial score (nSPS) is 24.3. The predicted octanol–water partition coefficient (Wildman–Crippen LogP) is 2.00. The van der Waals surface area contributed by atoms with E-state index in [2.05, 4.69) is 19.5 Å². The van der Waals surface area contributed by atoms with Crippen molar-refractivity contribution in [3.8, 4) is 0 Å². The molecule has 92 valence electrons. The number of hydrogen-bond acceptors (Lipinski definition) is 3. The summed E-state index contributed by atoms with van der Waals surface area (Å²) in [5.74, 6) is 0. The minimum atomic E-state index is -0.170. The number of aliphatic hydroxyl groups excluding tert-OH is 1. The number of H-pyrrole nitrogens is 1. The Morgan fingerprint density at radius 3 is 3.11 bits per heavy atom. The van der Waals surface area contributed by atoms with Crippen molar-refractivity contribution in [1.29, 1.82) is 0 Å². The highest BCUT2D eigenvalue weighted by Gasteiger charge is 2.25. The van der Waals surface area contributed by atoms with Gasteiger partial charge in [0.05, 0.1) is 24.1 Å². The number of pyridine rings is 1. The molecular weight excluding hydrogens is 228 g/mol. The van der Waals surface area contributed by atoms with Gasteiger partial charge in [-0.05, 0) is 25.3 Å². The first-order valence-corrected chi connectivity index (χ1v) is 6.29. The van der Waals surface area contributed by atoms with Gasteiger partial charge in [0.2, 0.25) is 0 Å². The summed E-state index contributed by atoms with van der Waals surface area (Å²) >= 11 is 0. The maximum absolute atomic E-state index is 9.69. The Balaban J connectivity index is 1.97. The zero-order valence-corrected chi connectivity index (χ0v) is 9.87. The van der Waals surface area contributed by atoms with Crippen LogP contribution in [0.25, 0.3) is 22.1 Å². The minimum absolute atomic E-state index is 0.170. The van der Waals surface area contributed by atoms with Gasteiger partial charge in [0.25, 0.3) is 0 Å². The number of hydrogen-bond donors (Lipinski definition) is 2. The summed E-state index contributed by atoms with van der Waals surface area (Å²) < 4.78 is 2.20. The first kappa shape index (κ1) is 10.1. The number of nitrogens with zero attached hydrogens (tertiary/aromatic N) is 3. The van der Waals surface area contributed by atoms with E-state index in [0.29, 0.717) is 6.04 Å². The molecule has 0 amide bonds. The molecule has 2 N–H and O–H groups in total. The number of aromatic nitrogens is 4. The molecule has 0 spiro atoms. The topological polar surface area (TPSA) is 66.7 Å². The summed E-state index contributed by atoms with van der Waals surface area (Å²) in [7, 11) is 0. The summed E-state index contributed by atoms with van der Waals surface area (Å²) in [4.78, 5) is 11.9. The van der Waals surface area contributed by atoms with Gasteiger partial charge >= 0.3 is 0 Å². The highest BCUT2D eigenvalue weighted by atomic mass is 16.3. The van der Waals surface area contributed by atoms with Crippen LogP contribution in [0.2, 0.25) is 0 Å². The van der Waals surface area contributed by atoms with Crippen LogP contribution in [0, 0.1) is 0 Å². The molecule has 1 fully saturated rings. The van der Waals surface area contributed by atoms with Crippen molar-refractivity contribution >= 4 is 22.1 Å². The van der Waals surface area contributed by atoms with Gasteiger partial charge in [-0.15, -0.1) is 0 Å². The minimum Gasteiger partial charge on any atom is -0.393 e. The van der Waals surface area contributed by atoms with E-state index in [4.69, 9.17) is 0 Å². The molecule has 0 bridgehead atoms. The third-order valence-electron chi connectivity index (χ3n) is 3.89. The van der Waals surface area contributed by atoms with Gasteiger partial charge in [0.1, 0.15) is 11.2 Å². The Kier molecular flexibility index (Phi) is 1.99. The van der Waals surface area contributed by atoms with Gasteiger partial charge in [-0.2, -0.15) is 0 Å². The van der Waals surface area contributed by atoms with Crippen molar-refractivity contribution in [1.82, 2.24) is 19.5 Å². The van der Waals surface area contributed by atoms with E-state index in [1.165, 1.54) is 0 Å². The van der Waals surface area contributed by atoms with E-state index >= 15 is 0 Å². The SMILES string of the molecule is O[C@H]1CC[C@@H](n2cnc3cnc4[nH]ccc4c32)C1. The second-order valence-corrected chi connectivity index (χ2v) is 5.00. The molecule has 3 heterocycles. The Bertz CT molecular complexity index is 714. The molecule has 0 saturated heterocycles. The fourth-order valence-corrected chi connectivity index (χ4v) is 3.00. The van der Waals surface area contributed by atoms with Crippen LogP contribution in [0.15, 0.2) is 24.8 Å². The first-order chi connectivity index (χ1) is 8.83. The molecule has 0 unspecified atom stereocenters. The molecule has 3 aromatic heterocycles. The number of rotatable bonds is 1. The van der Waals surface area contributed by atoms with E-state index in [-0.39, 0.29) is 6.10 Å². The molecule has 3 aromatic rings. The van der Waals surface area contributed by atoms with Gasteiger partial charge in [0, 0.05) is 17.6 Å². The molecule has 0 aromatic carbocycles. The van der Waals surface area contributed by atoms with E-state index in [0.717, 1.165) is 41.3 Å². The van der Waals surface area contributed by atoms with Crippen molar-refractivity contribution in [2.75, 3.05) is 0 Å². The quantitative estimate of drug-likeness (QED) is 0.686. The van der Waals surface area contributed by atoms with Crippen LogP contribution in [0.3, 0.4) is 0 Å².